The average Bonchev–Trinajstić information content (AvgIpc) is 3.36. The number of hydrogen-bond acceptors (Lipinski definition) is 4. The SMILES string of the molecule is C=C/C(=C1/CCC(Oc2ccc(-c3cc(=O)[nH][nH]3)cc2)C1=C)c1ccc(C(N)=O)nc1. The highest BCUT2D eigenvalue weighted by atomic mass is 16.5. The lowest BCUT2D eigenvalue weighted by Crippen LogP contribution is -2.14. The molecule has 1 unspecified atom stereocenters. The minimum absolute atomic E-state index is 0.152. The smallest absolute Gasteiger partial charge is 0.267 e. The Bertz CT molecular complexity index is 1230. The van der Waals surface area contributed by atoms with Crippen molar-refractivity contribution < 1.29 is 9.53 Å². The molecule has 1 aliphatic rings. The van der Waals surface area contributed by atoms with Crippen LogP contribution in [0.5, 0.6) is 5.75 Å². The van der Waals surface area contributed by atoms with Gasteiger partial charge in [0.25, 0.3) is 11.5 Å². The number of H-pyrrole nitrogens is 2. The summed E-state index contributed by atoms with van der Waals surface area (Å²) in [5, 5.41) is 5.36. The summed E-state index contributed by atoms with van der Waals surface area (Å²) in [5.41, 5.74) is 10.7. The van der Waals surface area contributed by atoms with Crippen molar-refractivity contribution in [3.8, 4) is 17.0 Å². The Hall–Kier alpha value is -4.13. The standard InChI is InChI=1S/C24H22N4O3/c1-3-18(16-6-10-20(24(25)30)26-13-16)19-9-11-22(14(19)2)31-17-7-4-15(5-8-17)21-12-23(29)28-27-21/h3-8,10,12-13,22H,1-2,9,11H2,(H2,25,30)(H2,27,28,29)/b19-18+. The number of aromatic nitrogens is 3. The number of nitrogens with one attached hydrogen (secondary N) is 2. The number of nitrogens with zero attached hydrogens (tertiary/aromatic N) is 1. The van der Waals surface area contributed by atoms with Crippen molar-refractivity contribution in [3.05, 3.63) is 101 Å². The molecule has 1 fully saturated rings. The van der Waals surface area contributed by atoms with Crippen LogP contribution in [-0.4, -0.2) is 27.2 Å². The quantitative estimate of drug-likeness (QED) is 0.572. The van der Waals surface area contributed by atoms with E-state index < -0.39 is 5.91 Å². The number of carbonyl (C=O) groups excluding carboxylic acids is 1. The zero-order valence-corrected chi connectivity index (χ0v) is 16.9. The summed E-state index contributed by atoms with van der Waals surface area (Å²) < 4.78 is 6.17. The molecular weight excluding hydrogens is 392 g/mol. The fraction of sp³-hybridized carbons (Fsp3) is 0.125. The number of rotatable bonds is 6. The fourth-order valence-corrected chi connectivity index (χ4v) is 3.72. The second-order valence-corrected chi connectivity index (χ2v) is 7.26. The van der Waals surface area contributed by atoms with Crippen LogP contribution in [0.25, 0.3) is 16.8 Å². The molecule has 0 aliphatic heterocycles. The molecule has 0 spiro atoms. The Kier molecular flexibility index (Phi) is 5.41. The molecular formula is C24H22N4O3. The third kappa shape index (κ3) is 4.11. The van der Waals surface area contributed by atoms with E-state index in [9.17, 15) is 9.59 Å². The maximum atomic E-state index is 11.3. The summed E-state index contributed by atoms with van der Waals surface area (Å²) in [6.07, 6.45) is 4.84. The molecule has 1 aliphatic carbocycles. The number of pyridine rings is 1. The van der Waals surface area contributed by atoms with Crippen molar-refractivity contribution in [2.24, 2.45) is 5.73 Å². The van der Waals surface area contributed by atoms with Crippen molar-refractivity contribution in [1.82, 2.24) is 15.2 Å². The van der Waals surface area contributed by atoms with E-state index in [4.69, 9.17) is 10.5 Å². The lowest BCUT2D eigenvalue weighted by molar-refractivity contribution is 0.0995. The van der Waals surface area contributed by atoms with Crippen molar-refractivity contribution >= 4 is 11.5 Å². The first kappa shape index (κ1) is 20.2. The molecule has 156 valence electrons. The fourth-order valence-electron chi connectivity index (χ4n) is 3.72. The molecule has 0 bridgehead atoms. The lowest BCUT2D eigenvalue weighted by Gasteiger charge is -2.16. The second-order valence-electron chi connectivity index (χ2n) is 7.26. The highest BCUT2D eigenvalue weighted by Crippen LogP contribution is 2.38. The van der Waals surface area contributed by atoms with Crippen LogP contribution >= 0.6 is 0 Å². The van der Waals surface area contributed by atoms with Gasteiger partial charge in [-0.3, -0.25) is 24.8 Å². The van der Waals surface area contributed by atoms with Crippen LogP contribution in [0.15, 0.2) is 83.8 Å². The molecule has 0 saturated heterocycles. The van der Waals surface area contributed by atoms with Gasteiger partial charge in [0.15, 0.2) is 0 Å². The number of amides is 1. The lowest BCUT2D eigenvalue weighted by atomic mass is 9.97. The Balaban J connectivity index is 1.52. The zero-order valence-electron chi connectivity index (χ0n) is 16.9. The van der Waals surface area contributed by atoms with Crippen molar-refractivity contribution in [1.29, 1.82) is 0 Å². The topological polar surface area (TPSA) is 114 Å². The van der Waals surface area contributed by atoms with Gasteiger partial charge in [0.1, 0.15) is 17.5 Å². The molecule has 2 aromatic heterocycles. The van der Waals surface area contributed by atoms with Crippen LogP contribution < -0.4 is 16.0 Å². The summed E-state index contributed by atoms with van der Waals surface area (Å²) >= 11 is 0. The van der Waals surface area contributed by atoms with Crippen LogP contribution in [-0.2, 0) is 0 Å². The van der Waals surface area contributed by atoms with Gasteiger partial charge >= 0.3 is 0 Å². The van der Waals surface area contributed by atoms with Crippen molar-refractivity contribution in [3.63, 3.8) is 0 Å². The first-order valence-electron chi connectivity index (χ1n) is 9.82. The van der Waals surface area contributed by atoms with Gasteiger partial charge in [-0.05, 0) is 65.5 Å². The van der Waals surface area contributed by atoms with Gasteiger partial charge in [-0.15, -0.1) is 0 Å². The normalized spacial score (nSPS) is 17.4. The highest BCUT2D eigenvalue weighted by molar-refractivity contribution is 5.91. The van der Waals surface area contributed by atoms with Gasteiger partial charge in [-0.1, -0.05) is 25.3 Å². The van der Waals surface area contributed by atoms with E-state index in [0.29, 0.717) is 0 Å². The van der Waals surface area contributed by atoms with Crippen LogP contribution in [0.1, 0.15) is 28.9 Å². The van der Waals surface area contributed by atoms with E-state index in [2.05, 4.69) is 28.3 Å². The minimum Gasteiger partial charge on any atom is -0.486 e. The Morgan fingerprint density at radius 2 is 1.97 bits per heavy atom. The Morgan fingerprint density at radius 3 is 2.55 bits per heavy atom. The number of primary amides is 1. The molecule has 4 N–H and O–H groups in total. The molecule has 0 radical (unpaired) electrons. The number of hydrogen-bond donors (Lipinski definition) is 3. The summed E-state index contributed by atoms with van der Waals surface area (Å²) in [7, 11) is 0. The van der Waals surface area contributed by atoms with E-state index in [0.717, 1.165) is 52.1 Å². The third-order valence-corrected chi connectivity index (χ3v) is 5.33. The van der Waals surface area contributed by atoms with E-state index >= 15 is 0 Å². The number of benzene rings is 1. The molecule has 1 amide bonds. The number of ether oxygens (including phenoxy) is 1. The molecule has 3 aromatic rings. The third-order valence-electron chi connectivity index (χ3n) is 5.33. The van der Waals surface area contributed by atoms with E-state index in [-0.39, 0.29) is 17.4 Å². The van der Waals surface area contributed by atoms with Gasteiger partial charge in [0.05, 0.1) is 5.69 Å². The molecule has 31 heavy (non-hydrogen) atoms. The van der Waals surface area contributed by atoms with E-state index in [1.54, 1.807) is 18.3 Å². The van der Waals surface area contributed by atoms with Crippen molar-refractivity contribution in [2.45, 2.75) is 18.9 Å². The monoisotopic (exact) mass is 414 g/mol. The Labute approximate surface area is 179 Å². The van der Waals surface area contributed by atoms with Gasteiger partial charge in [0, 0.05) is 17.8 Å². The van der Waals surface area contributed by atoms with Gasteiger partial charge < -0.3 is 10.5 Å². The summed E-state index contributed by atoms with van der Waals surface area (Å²) in [6, 6.07) is 12.4. The van der Waals surface area contributed by atoms with Crippen LogP contribution in [0.3, 0.4) is 0 Å². The minimum atomic E-state index is -0.563. The number of aromatic amines is 2. The van der Waals surface area contributed by atoms with Gasteiger partial charge in [-0.2, -0.15) is 0 Å². The molecule has 1 saturated carbocycles. The molecule has 2 heterocycles. The van der Waals surface area contributed by atoms with Gasteiger partial charge in [0.2, 0.25) is 0 Å². The maximum Gasteiger partial charge on any atom is 0.267 e. The first-order valence-corrected chi connectivity index (χ1v) is 9.82. The second kappa shape index (κ2) is 8.31. The van der Waals surface area contributed by atoms with E-state index in [1.807, 2.05) is 30.3 Å². The zero-order chi connectivity index (χ0) is 22.0. The number of carbonyl (C=O) groups is 1. The summed E-state index contributed by atoms with van der Waals surface area (Å²) in [6.45, 7) is 8.19. The first-order chi connectivity index (χ1) is 15.0. The summed E-state index contributed by atoms with van der Waals surface area (Å²) in [5.74, 6) is 0.161. The molecule has 4 rings (SSSR count). The van der Waals surface area contributed by atoms with Crippen LogP contribution in [0.2, 0.25) is 0 Å². The maximum absolute atomic E-state index is 11.3. The summed E-state index contributed by atoms with van der Waals surface area (Å²) in [4.78, 5) is 26.7. The number of nitrogens with two attached hydrogens (primary N) is 1. The van der Waals surface area contributed by atoms with E-state index in [1.165, 1.54) is 6.07 Å². The molecule has 1 aromatic carbocycles. The predicted octanol–water partition coefficient (Wildman–Crippen LogP) is 3.60. The molecule has 7 heteroatoms. The van der Waals surface area contributed by atoms with Gasteiger partial charge in [-0.25, -0.2) is 0 Å². The van der Waals surface area contributed by atoms with Crippen molar-refractivity contribution in [2.75, 3.05) is 0 Å². The largest absolute Gasteiger partial charge is 0.486 e. The van der Waals surface area contributed by atoms with Crippen LogP contribution in [0, 0.1) is 0 Å². The van der Waals surface area contributed by atoms with Crippen LogP contribution in [0.4, 0.5) is 0 Å². The molecule has 1 atom stereocenters. The highest BCUT2D eigenvalue weighted by Gasteiger charge is 2.28. The average molecular weight is 414 g/mol. The Morgan fingerprint density at radius 1 is 1.19 bits per heavy atom. The molecule has 7 nitrogen and oxygen atoms in total. The predicted molar refractivity (Wildman–Crippen MR) is 120 cm³/mol. The number of allylic oxidation sites excluding steroid dienone is 2.